The van der Waals surface area contributed by atoms with E-state index in [1.54, 1.807) is 19.2 Å². The van der Waals surface area contributed by atoms with Crippen molar-refractivity contribution in [1.82, 2.24) is 14.9 Å². The number of hydrogen-bond acceptors (Lipinski definition) is 5. The summed E-state index contributed by atoms with van der Waals surface area (Å²) in [6.45, 7) is 2.32. The number of nitrogens with one attached hydrogen (secondary N) is 2. The van der Waals surface area contributed by atoms with E-state index in [1.807, 2.05) is 24.1 Å². The number of benzene rings is 1. The Kier molecular flexibility index (Phi) is 9.99. The first kappa shape index (κ1) is 23.7. The van der Waals surface area contributed by atoms with Crippen LogP contribution in [0, 0.1) is 0 Å². The Morgan fingerprint density at radius 3 is 2.93 bits per heavy atom. The van der Waals surface area contributed by atoms with Crippen LogP contribution in [0.4, 0.5) is 0 Å². The Hall–Kier alpha value is -1.55. The van der Waals surface area contributed by atoms with Gasteiger partial charge in [0.05, 0.1) is 18.4 Å². The fourth-order valence-corrected chi connectivity index (χ4v) is 4.04. The molecule has 1 fully saturated rings. The number of likely N-dealkylation sites (N-methyl/N-ethyl adjacent to an activating group) is 1. The van der Waals surface area contributed by atoms with E-state index in [0.717, 1.165) is 19.3 Å². The Morgan fingerprint density at radius 1 is 1.41 bits per heavy atom. The van der Waals surface area contributed by atoms with Gasteiger partial charge in [0.25, 0.3) is 0 Å². The molecule has 0 spiro atoms. The molecule has 8 nitrogen and oxygen atoms in total. The average molecular weight is 447 g/mol. The summed E-state index contributed by atoms with van der Waals surface area (Å²) in [4.78, 5) is 6.06. The van der Waals surface area contributed by atoms with E-state index in [2.05, 4.69) is 15.0 Å². The van der Waals surface area contributed by atoms with Crippen molar-refractivity contribution < 1.29 is 17.9 Å². The largest absolute Gasteiger partial charge is 0.492 e. The normalized spacial score (nSPS) is 17.8. The van der Waals surface area contributed by atoms with Gasteiger partial charge in [-0.2, -0.15) is 0 Å². The Labute approximate surface area is 178 Å². The third-order valence-electron chi connectivity index (χ3n) is 4.52. The van der Waals surface area contributed by atoms with Crippen molar-refractivity contribution in [2.24, 2.45) is 4.99 Å². The number of guanidine groups is 1. The summed E-state index contributed by atoms with van der Waals surface area (Å²) in [5, 5.41) is 3.69. The zero-order valence-corrected chi connectivity index (χ0v) is 18.6. The minimum absolute atomic E-state index is 0.0233. The van der Waals surface area contributed by atoms with Crippen molar-refractivity contribution in [2.75, 3.05) is 52.7 Å². The summed E-state index contributed by atoms with van der Waals surface area (Å²) in [7, 11) is 0.151. The molecule has 1 aromatic carbocycles. The van der Waals surface area contributed by atoms with Crippen LogP contribution in [0.15, 0.2) is 29.3 Å². The van der Waals surface area contributed by atoms with Crippen LogP contribution >= 0.6 is 11.6 Å². The van der Waals surface area contributed by atoms with Crippen molar-refractivity contribution in [2.45, 2.75) is 25.4 Å². The van der Waals surface area contributed by atoms with Gasteiger partial charge in [-0.1, -0.05) is 17.7 Å². The number of halogens is 1. The average Bonchev–Trinajstić information content (AvgIpc) is 2.70. The van der Waals surface area contributed by atoms with E-state index in [9.17, 15) is 8.42 Å². The first-order valence-corrected chi connectivity index (χ1v) is 11.8. The molecule has 29 heavy (non-hydrogen) atoms. The van der Waals surface area contributed by atoms with Gasteiger partial charge in [0.2, 0.25) is 10.0 Å². The maximum atomic E-state index is 12.2. The molecule has 1 aliphatic heterocycles. The number of aliphatic imine (C=N–C) groups is 1. The van der Waals surface area contributed by atoms with Crippen molar-refractivity contribution in [3.8, 4) is 5.75 Å². The topological polar surface area (TPSA) is 92.3 Å². The Bertz CT molecular complexity index is 754. The van der Waals surface area contributed by atoms with Crippen LogP contribution in [0.1, 0.15) is 19.3 Å². The van der Waals surface area contributed by atoms with Gasteiger partial charge in [-0.3, -0.25) is 4.99 Å². The summed E-state index contributed by atoms with van der Waals surface area (Å²) in [5.41, 5.74) is 0. The highest BCUT2D eigenvalue weighted by molar-refractivity contribution is 7.89. The minimum Gasteiger partial charge on any atom is -0.492 e. The SMILES string of the molecule is CN=C(NCCS(=O)(=O)NCC1CCCCO1)N(C)CCOc1cccc(Cl)c1. The molecule has 0 saturated carbocycles. The van der Waals surface area contributed by atoms with E-state index >= 15 is 0 Å². The van der Waals surface area contributed by atoms with E-state index in [1.165, 1.54) is 0 Å². The van der Waals surface area contributed by atoms with Crippen LogP contribution < -0.4 is 14.8 Å². The zero-order chi connectivity index (χ0) is 21.1. The lowest BCUT2D eigenvalue weighted by atomic mass is 10.1. The quantitative estimate of drug-likeness (QED) is 0.420. The number of nitrogens with zero attached hydrogens (tertiary/aromatic N) is 2. The maximum Gasteiger partial charge on any atom is 0.213 e. The van der Waals surface area contributed by atoms with Crippen molar-refractivity contribution in [3.05, 3.63) is 29.3 Å². The molecule has 10 heteroatoms. The third kappa shape index (κ3) is 9.20. The molecule has 0 radical (unpaired) electrons. The number of hydrogen-bond donors (Lipinski definition) is 2. The third-order valence-corrected chi connectivity index (χ3v) is 6.11. The lowest BCUT2D eigenvalue weighted by Gasteiger charge is -2.23. The predicted octanol–water partition coefficient (Wildman–Crippen LogP) is 1.71. The summed E-state index contributed by atoms with van der Waals surface area (Å²) < 4.78 is 38.2. The lowest BCUT2D eigenvalue weighted by molar-refractivity contribution is 0.0200. The van der Waals surface area contributed by atoms with Gasteiger partial charge in [-0.15, -0.1) is 0 Å². The van der Waals surface area contributed by atoms with Crippen LogP contribution in [0.5, 0.6) is 5.75 Å². The van der Waals surface area contributed by atoms with Gasteiger partial charge >= 0.3 is 0 Å². The molecule has 0 amide bonds. The minimum atomic E-state index is -3.37. The second kappa shape index (κ2) is 12.2. The monoisotopic (exact) mass is 446 g/mol. The van der Waals surface area contributed by atoms with Crippen LogP contribution in [0.2, 0.25) is 5.02 Å². The van der Waals surface area contributed by atoms with Gasteiger partial charge in [0.1, 0.15) is 12.4 Å². The standard InChI is InChI=1S/C19H31ClN4O4S/c1-21-19(24(2)10-12-28-17-8-5-6-16(20)14-17)22-9-13-29(25,26)23-15-18-7-3-4-11-27-18/h5-6,8,14,18,23H,3-4,7,9-13,15H2,1-2H3,(H,21,22). The molecule has 0 bridgehead atoms. The van der Waals surface area contributed by atoms with Crippen LogP contribution in [0.25, 0.3) is 0 Å². The Morgan fingerprint density at radius 2 is 2.24 bits per heavy atom. The highest BCUT2D eigenvalue weighted by Crippen LogP contribution is 2.16. The van der Waals surface area contributed by atoms with Gasteiger partial charge in [-0.05, 0) is 37.5 Å². The molecule has 1 heterocycles. The van der Waals surface area contributed by atoms with Crippen molar-refractivity contribution in [1.29, 1.82) is 0 Å². The van der Waals surface area contributed by atoms with E-state index in [-0.39, 0.29) is 18.4 Å². The summed E-state index contributed by atoms with van der Waals surface area (Å²) in [5.74, 6) is 1.27. The summed E-state index contributed by atoms with van der Waals surface area (Å²) in [6, 6.07) is 7.22. The molecule has 164 valence electrons. The molecule has 1 unspecified atom stereocenters. The molecular weight excluding hydrogens is 416 g/mol. The van der Waals surface area contributed by atoms with Gasteiger partial charge in [0, 0.05) is 38.8 Å². The number of rotatable bonds is 10. The molecule has 0 aliphatic carbocycles. The van der Waals surface area contributed by atoms with E-state index in [0.29, 0.717) is 43.0 Å². The van der Waals surface area contributed by atoms with Crippen LogP contribution in [-0.2, 0) is 14.8 Å². The number of ether oxygens (including phenoxy) is 2. The van der Waals surface area contributed by atoms with E-state index < -0.39 is 10.0 Å². The second-order valence-corrected chi connectivity index (χ2v) is 9.22. The number of sulfonamides is 1. The molecular formula is C19H31ClN4O4S. The van der Waals surface area contributed by atoms with Gasteiger partial charge in [-0.25, -0.2) is 13.1 Å². The second-order valence-electron chi connectivity index (χ2n) is 6.86. The predicted molar refractivity (Wildman–Crippen MR) is 116 cm³/mol. The molecule has 1 saturated heterocycles. The van der Waals surface area contributed by atoms with E-state index in [4.69, 9.17) is 21.1 Å². The molecule has 2 rings (SSSR count). The molecule has 1 aliphatic rings. The zero-order valence-electron chi connectivity index (χ0n) is 17.1. The van der Waals surface area contributed by atoms with Crippen molar-refractivity contribution >= 4 is 27.6 Å². The molecule has 2 N–H and O–H groups in total. The highest BCUT2D eigenvalue weighted by atomic mass is 35.5. The van der Waals surface area contributed by atoms with Crippen molar-refractivity contribution in [3.63, 3.8) is 0 Å². The maximum absolute atomic E-state index is 12.2. The lowest BCUT2D eigenvalue weighted by Crippen LogP contribution is -2.44. The summed E-state index contributed by atoms with van der Waals surface area (Å²) >= 11 is 5.94. The molecule has 1 atom stereocenters. The Balaban J connectivity index is 1.67. The summed E-state index contributed by atoms with van der Waals surface area (Å²) in [6.07, 6.45) is 3.00. The highest BCUT2D eigenvalue weighted by Gasteiger charge is 2.18. The van der Waals surface area contributed by atoms with Crippen LogP contribution in [-0.4, -0.2) is 78.1 Å². The first-order valence-electron chi connectivity index (χ1n) is 9.79. The van der Waals surface area contributed by atoms with Gasteiger partial charge in [0.15, 0.2) is 5.96 Å². The first-order chi connectivity index (χ1) is 13.9. The molecule has 1 aromatic rings. The smallest absolute Gasteiger partial charge is 0.213 e. The fourth-order valence-electron chi connectivity index (χ4n) is 2.91. The van der Waals surface area contributed by atoms with Crippen LogP contribution in [0.3, 0.4) is 0 Å². The molecule has 0 aromatic heterocycles. The van der Waals surface area contributed by atoms with Gasteiger partial charge < -0.3 is 19.7 Å². The fraction of sp³-hybridized carbons (Fsp3) is 0.632.